The molecule has 0 unspecified atom stereocenters. The smallest absolute Gasteiger partial charge is 0.196 e. The van der Waals surface area contributed by atoms with Crippen LogP contribution in [0.1, 0.15) is 42.5 Å². The normalized spacial score (nSPS) is 11.4. The summed E-state index contributed by atoms with van der Waals surface area (Å²) in [4.78, 5) is 12.9. The Bertz CT molecular complexity index is 806. The molecule has 0 saturated carbocycles. The number of carbonyl (C=O) groups is 1. The van der Waals surface area contributed by atoms with E-state index in [9.17, 15) is 4.79 Å². The second kappa shape index (κ2) is 5.88. The van der Waals surface area contributed by atoms with Gasteiger partial charge >= 0.3 is 0 Å². The molecule has 0 amide bonds. The number of hydrogen-bond donors (Lipinski definition) is 0. The largest absolute Gasteiger partial charge is 0.460 e. The van der Waals surface area contributed by atoms with Crippen LogP contribution >= 0.6 is 0 Å². The Morgan fingerprint density at radius 1 is 0.870 bits per heavy atom. The van der Waals surface area contributed by atoms with Crippen molar-refractivity contribution in [2.24, 2.45) is 0 Å². The van der Waals surface area contributed by atoms with E-state index in [-0.39, 0.29) is 11.2 Å². The highest BCUT2D eigenvalue weighted by molar-refractivity contribution is 6.12. The van der Waals surface area contributed by atoms with Crippen molar-refractivity contribution in [3.63, 3.8) is 0 Å². The van der Waals surface area contributed by atoms with Crippen LogP contribution in [-0.4, -0.2) is 5.78 Å². The highest BCUT2D eigenvalue weighted by Crippen LogP contribution is 2.34. The summed E-state index contributed by atoms with van der Waals surface area (Å²) >= 11 is 0. The van der Waals surface area contributed by atoms with Gasteiger partial charge in [-0.1, -0.05) is 81.4 Å². The SMILES string of the molecule is CC(C)(C)c1cc(C(=O)c2ccccc2)c(-c2ccccc2)o1. The van der Waals surface area contributed by atoms with Crippen molar-refractivity contribution in [1.82, 2.24) is 0 Å². The molecular formula is C21H20O2. The molecule has 1 heterocycles. The molecule has 2 aromatic carbocycles. The molecule has 0 aliphatic carbocycles. The third-order valence-electron chi connectivity index (χ3n) is 3.79. The number of furan rings is 1. The first kappa shape index (κ1) is 15.3. The molecule has 0 bridgehead atoms. The second-order valence-corrected chi connectivity index (χ2v) is 6.66. The van der Waals surface area contributed by atoms with Crippen molar-refractivity contribution in [3.8, 4) is 11.3 Å². The van der Waals surface area contributed by atoms with E-state index in [0.717, 1.165) is 11.3 Å². The topological polar surface area (TPSA) is 30.2 Å². The van der Waals surface area contributed by atoms with E-state index in [1.54, 1.807) is 0 Å². The van der Waals surface area contributed by atoms with Crippen molar-refractivity contribution in [1.29, 1.82) is 0 Å². The van der Waals surface area contributed by atoms with Gasteiger partial charge in [0.15, 0.2) is 5.78 Å². The molecule has 116 valence electrons. The van der Waals surface area contributed by atoms with Gasteiger partial charge in [-0.25, -0.2) is 0 Å². The standard InChI is InChI=1S/C21H20O2/c1-21(2,3)18-14-17(19(22)15-10-6-4-7-11-15)20(23-18)16-12-8-5-9-13-16/h4-14H,1-3H3. The summed E-state index contributed by atoms with van der Waals surface area (Å²) in [6, 6.07) is 21.0. The van der Waals surface area contributed by atoms with Crippen molar-refractivity contribution in [2.45, 2.75) is 26.2 Å². The zero-order valence-corrected chi connectivity index (χ0v) is 13.7. The maximum Gasteiger partial charge on any atom is 0.196 e. The van der Waals surface area contributed by atoms with E-state index < -0.39 is 0 Å². The van der Waals surface area contributed by atoms with Crippen molar-refractivity contribution in [3.05, 3.63) is 83.6 Å². The molecule has 3 aromatic rings. The van der Waals surface area contributed by atoms with Crippen LogP contribution in [0.15, 0.2) is 71.1 Å². The second-order valence-electron chi connectivity index (χ2n) is 6.66. The summed E-state index contributed by atoms with van der Waals surface area (Å²) in [5, 5.41) is 0. The fraction of sp³-hybridized carbons (Fsp3) is 0.190. The van der Waals surface area contributed by atoms with E-state index in [0.29, 0.717) is 16.9 Å². The van der Waals surface area contributed by atoms with Gasteiger partial charge in [0, 0.05) is 16.5 Å². The van der Waals surface area contributed by atoms with Gasteiger partial charge in [0.2, 0.25) is 0 Å². The van der Waals surface area contributed by atoms with E-state index in [2.05, 4.69) is 20.8 Å². The average molecular weight is 304 g/mol. The number of ketones is 1. The van der Waals surface area contributed by atoms with Crippen LogP contribution in [0.2, 0.25) is 0 Å². The Kier molecular flexibility index (Phi) is 3.91. The predicted octanol–water partition coefficient (Wildman–Crippen LogP) is 5.48. The fourth-order valence-corrected chi connectivity index (χ4v) is 2.48. The lowest BCUT2D eigenvalue weighted by Crippen LogP contribution is -2.09. The summed E-state index contributed by atoms with van der Waals surface area (Å²) in [5.74, 6) is 1.45. The summed E-state index contributed by atoms with van der Waals surface area (Å²) in [6.45, 7) is 6.24. The van der Waals surface area contributed by atoms with Gasteiger partial charge in [0.1, 0.15) is 11.5 Å². The zero-order chi connectivity index (χ0) is 16.4. The quantitative estimate of drug-likeness (QED) is 0.600. The molecule has 2 heteroatoms. The Balaban J connectivity index is 2.15. The van der Waals surface area contributed by atoms with Crippen molar-refractivity contribution < 1.29 is 9.21 Å². The average Bonchev–Trinajstić information content (AvgIpc) is 3.01. The highest BCUT2D eigenvalue weighted by atomic mass is 16.3. The van der Waals surface area contributed by atoms with E-state index in [1.807, 2.05) is 66.7 Å². The Hall–Kier alpha value is -2.61. The van der Waals surface area contributed by atoms with E-state index in [4.69, 9.17) is 4.42 Å². The van der Waals surface area contributed by atoms with Crippen LogP contribution in [0.3, 0.4) is 0 Å². The predicted molar refractivity (Wildman–Crippen MR) is 92.7 cm³/mol. The molecule has 1 aromatic heterocycles. The molecule has 0 atom stereocenters. The van der Waals surface area contributed by atoms with Crippen LogP contribution in [0.25, 0.3) is 11.3 Å². The zero-order valence-electron chi connectivity index (χ0n) is 13.7. The summed E-state index contributed by atoms with van der Waals surface area (Å²) in [5.41, 5.74) is 2.05. The first-order valence-electron chi connectivity index (χ1n) is 7.76. The maximum absolute atomic E-state index is 12.9. The molecule has 23 heavy (non-hydrogen) atoms. The van der Waals surface area contributed by atoms with Crippen molar-refractivity contribution in [2.75, 3.05) is 0 Å². The molecule has 0 N–H and O–H groups in total. The van der Waals surface area contributed by atoms with Gasteiger partial charge < -0.3 is 4.42 Å². The fourth-order valence-electron chi connectivity index (χ4n) is 2.48. The number of rotatable bonds is 3. The van der Waals surface area contributed by atoms with Crippen molar-refractivity contribution >= 4 is 5.78 Å². The molecule has 0 aliphatic heterocycles. The van der Waals surface area contributed by atoms with E-state index >= 15 is 0 Å². The van der Waals surface area contributed by atoms with Crippen LogP contribution in [0.5, 0.6) is 0 Å². The highest BCUT2D eigenvalue weighted by Gasteiger charge is 2.26. The van der Waals surface area contributed by atoms with Gasteiger partial charge in [0.25, 0.3) is 0 Å². The lowest BCUT2D eigenvalue weighted by molar-refractivity contribution is 0.103. The first-order chi connectivity index (χ1) is 11.0. The number of carbonyl (C=O) groups excluding carboxylic acids is 1. The molecule has 0 fully saturated rings. The Morgan fingerprint density at radius 2 is 1.43 bits per heavy atom. The molecule has 3 rings (SSSR count). The van der Waals surface area contributed by atoms with Crippen LogP contribution in [0.4, 0.5) is 0 Å². The molecular weight excluding hydrogens is 284 g/mol. The number of benzene rings is 2. The minimum Gasteiger partial charge on any atom is -0.460 e. The lowest BCUT2D eigenvalue weighted by Gasteiger charge is -2.14. The summed E-state index contributed by atoms with van der Waals surface area (Å²) in [7, 11) is 0. The lowest BCUT2D eigenvalue weighted by atomic mass is 9.92. The van der Waals surface area contributed by atoms with Crippen LogP contribution in [-0.2, 0) is 5.41 Å². The van der Waals surface area contributed by atoms with Gasteiger partial charge in [-0.15, -0.1) is 0 Å². The maximum atomic E-state index is 12.9. The minimum absolute atomic E-state index is 0.0105. The third-order valence-corrected chi connectivity index (χ3v) is 3.79. The van der Waals surface area contributed by atoms with Gasteiger partial charge in [-0.05, 0) is 6.07 Å². The van der Waals surface area contributed by atoms with Crippen LogP contribution in [0, 0.1) is 0 Å². The van der Waals surface area contributed by atoms with Gasteiger partial charge in [-0.2, -0.15) is 0 Å². The number of hydrogen-bond acceptors (Lipinski definition) is 2. The molecule has 0 radical (unpaired) electrons. The third kappa shape index (κ3) is 3.11. The van der Waals surface area contributed by atoms with Gasteiger partial charge in [-0.3, -0.25) is 4.79 Å². The van der Waals surface area contributed by atoms with Gasteiger partial charge in [0.05, 0.1) is 5.56 Å². The minimum atomic E-state index is -0.154. The molecule has 0 aliphatic rings. The Labute approximate surface area is 136 Å². The first-order valence-corrected chi connectivity index (χ1v) is 7.76. The summed E-state index contributed by atoms with van der Waals surface area (Å²) < 4.78 is 6.09. The van der Waals surface area contributed by atoms with Crippen LogP contribution < -0.4 is 0 Å². The summed E-state index contributed by atoms with van der Waals surface area (Å²) in [6.07, 6.45) is 0. The molecule has 0 saturated heterocycles. The molecule has 2 nitrogen and oxygen atoms in total. The Morgan fingerprint density at radius 3 is 2.00 bits per heavy atom. The van der Waals surface area contributed by atoms with E-state index in [1.165, 1.54) is 0 Å². The molecule has 0 spiro atoms. The monoisotopic (exact) mass is 304 g/mol.